The van der Waals surface area contributed by atoms with Gasteiger partial charge in [0.15, 0.2) is 23.0 Å². The molecule has 0 aliphatic heterocycles. The van der Waals surface area contributed by atoms with Crippen molar-refractivity contribution in [2.75, 3.05) is 14.2 Å². The molecule has 3 N–H and O–H groups in total. The van der Waals surface area contributed by atoms with E-state index in [0.717, 1.165) is 0 Å². The number of carboxylic acid groups (broad SMARTS) is 1. The second-order valence-electron chi connectivity index (χ2n) is 5.15. The van der Waals surface area contributed by atoms with Gasteiger partial charge >= 0.3 is 5.97 Å². The fraction of sp³-hybridized carbons (Fsp3) is 0.176. The minimum absolute atomic E-state index is 0.0506. The Morgan fingerprint density at radius 2 is 1.64 bits per heavy atom. The fourth-order valence-corrected chi connectivity index (χ4v) is 2.36. The summed E-state index contributed by atoms with van der Waals surface area (Å²) in [4.78, 5) is 23.9. The third kappa shape index (κ3) is 4.13. The number of nitrogens with one attached hydrogen (secondary N) is 1. The molecule has 25 heavy (non-hydrogen) atoms. The molecule has 132 valence electrons. The second-order valence-corrected chi connectivity index (χ2v) is 5.15. The van der Waals surface area contributed by atoms with E-state index in [2.05, 4.69) is 0 Å². The van der Waals surface area contributed by atoms with Crippen molar-refractivity contribution in [2.45, 2.75) is 6.42 Å². The summed E-state index contributed by atoms with van der Waals surface area (Å²) in [6.07, 6.45) is -0.366. The number of carboxylic acids is 1. The molecule has 0 spiro atoms. The Morgan fingerprint density at radius 1 is 1.08 bits per heavy atom. The largest absolute Gasteiger partial charge is 0.595 e. The van der Waals surface area contributed by atoms with E-state index in [0.29, 0.717) is 11.5 Å². The van der Waals surface area contributed by atoms with Crippen LogP contribution in [0.5, 0.6) is 11.5 Å². The van der Waals surface area contributed by atoms with Crippen molar-refractivity contribution in [3.63, 3.8) is 0 Å². The van der Waals surface area contributed by atoms with Crippen LogP contribution >= 0.6 is 0 Å². The Kier molecular flexibility index (Phi) is 5.71. The van der Waals surface area contributed by atoms with E-state index in [-0.39, 0.29) is 28.8 Å². The molecular formula is C17H17NO7. The standard InChI is InChI=1S/C17H17NO7/c1-24-14-7-11(8-16(19)20)13(9-15(14)25-2)17(21)10-3-5-12(6-4-10)18(22)23/h3-7,9,18,22H,8H2,1-2H3,(H,19,20). The lowest BCUT2D eigenvalue weighted by molar-refractivity contribution is -0.991. The lowest BCUT2D eigenvalue weighted by Crippen LogP contribution is -2.99. The Hall–Kier alpha value is -2.94. The molecule has 0 aliphatic rings. The van der Waals surface area contributed by atoms with Crippen molar-refractivity contribution in [3.8, 4) is 11.5 Å². The van der Waals surface area contributed by atoms with Gasteiger partial charge in [-0.1, -0.05) is 0 Å². The van der Waals surface area contributed by atoms with Gasteiger partial charge in [-0.15, -0.1) is 0 Å². The maximum absolute atomic E-state index is 12.8. The Balaban J connectivity index is 2.50. The van der Waals surface area contributed by atoms with E-state index in [9.17, 15) is 14.8 Å². The van der Waals surface area contributed by atoms with Crippen LogP contribution in [0, 0.1) is 5.21 Å². The highest BCUT2D eigenvalue weighted by Crippen LogP contribution is 2.32. The number of quaternary nitrogens is 1. The number of ether oxygens (including phenoxy) is 2. The van der Waals surface area contributed by atoms with Gasteiger partial charge in [0.05, 0.1) is 20.6 Å². The number of benzene rings is 2. The third-order valence-corrected chi connectivity index (χ3v) is 3.59. The van der Waals surface area contributed by atoms with Gasteiger partial charge in [-0.05, 0) is 29.8 Å². The van der Waals surface area contributed by atoms with Crippen LogP contribution in [0.1, 0.15) is 21.5 Å². The summed E-state index contributed by atoms with van der Waals surface area (Å²) in [5.41, 5.74) is 0.721. The fourth-order valence-electron chi connectivity index (χ4n) is 2.36. The van der Waals surface area contributed by atoms with Crippen LogP contribution < -0.4 is 14.7 Å². The maximum Gasteiger partial charge on any atom is 0.307 e. The van der Waals surface area contributed by atoms with Crippen LogP contribution in [0.4, 0.5) is 5.69 Å². The van der Waals surface area contributed by atoms with Gasteiger partial charge in [0.25, 0.3) is 0 Å². The first-order valence-electron chi connectivity index (χ1n) is 7.22. The SMILES string of the molecule is COc1cc(CC(=O)O)c(C(=O)c2ccc([NH+]([O-])O)cc2)cc1OC. The van der Waals surface area contributed by atoms with E-state index < -0.39 is 17.0 Å². The number of ketones is 1. The molecule has 8 heteroatoms. The van der Waals surface area contributed by atoms with Crippen LogP contribution in [-0.4, -0.2) is 36.3 Å². The highest BCUT2D eigenvalue weighted by atomic mass is 16.8. The van der Waals surface area contributed by atoms with Crippen molar-refractivity contribution < 1.29 is 34.6 Å². The van der Waals surface area contributed by atoms with Crippen LogP contribution in [-0.2, 0) is 11.2 Å². The van der Waals surface area contributed by atoms with E-state index in [1.165, 1.54) is 50.6 Å². The molecule has 1 atom stereocenters. The minimum atomic E-state index is -1.10. The number of carbonyl (C=O) groups excluding carboxylic acids is 1. The van der Waals surface area contributed by atoms with Crippen molar-refractivity contribution in [3.05, 3.63) is 58.3 Å². The van der Waals surface area contributed by atoms with Crippen LogP contribution in [0.3, 0.4) is 0 Å². The molecule has 1 unspecified atom stereocenters. The first kappa shape index (κ1) is 18.4. The van der Waals surface area contributed by atoms with Crippen LogP contribution in [0.15, 0.2) is 36.4 Å². The lowest BCUT2D eigenvalue weighted by Gasteiger charge is -2.14. The molecule has 2 aromatic rings. The zero-order valence-corrected chi connectivity index (χ0v) is 13.6. The van der Waals surface area contributed by atoms with Gasteiger partial charge in [-0.25, -0.2) is 5.21 Å². The molecule has 0 fully saturated rings. The molecule has 0 amide bonds. The summed E-state index contributed by atoms with van der Waals surface area (Å²) in [6.45, 7) is 0. The Morgan fingerprint density at radius 3 is 2.12 bits per heavy atom. The smallest absolute Gasteiger partial charge is 0.307 e. The molecule has 0 saturated carbocycles. The minimum Gasteiger partial charge on any atom is -0.595 e. The Bertz CT molecular complexity index is 784. The number of aliphatic carboxylic acids is 1. The predicted octanol–water partition coefficient (Wildman–Crippen LogP) is 0.965. The van der Waals surface area contributed by atoms with Crippen molar-refractivity contribution in [1.29, 1.82) is 0 Å². The summed E-state index contributed by atoms with van der Waals surface area (Å²) in [6, 6.07) is 8.26. The summed E-state index contributed by atoms with van der Waals surface area (Å²) in [5, 5.41) is 27.8. The van der Waals surface area contributed by atoms with Gasteiger partial charge in [-0.3, -0.25) is 9.59 Å². The first-order valence-corrected chi connectivity index (χ1v) is 7.22. The van der Waals surface area contributed by atoms with Gasteiger partial charge in [0, 0.05) is 23.3 Å². The summed E-state index contributed by atoms with van der Waals surface area (Å²) >= 11 is 0. The molecule has 0 aliphatic carbocycles. The molecule has 2 rings (SSSR count). The third-order valence-electron chi connectivity index (χ3n) is 3.59. The van der Waals surface area contributed by atoms with Gasteiger partial charge < -0.3 is 19.8 Å². The highest BCUT2D eigenvalue weighted by molar-refractivity contribution is 6.10. The maximum atomic E-state index is 12.8. The Labute approximate surface area is 143 Å². The van der Waals surface area contributed by atoms with E-state index in [1.807, 2.05) is 0 Å². The zero-order chi connectivity index (χ0) is 18.6. The molecule has 0 radical (unpaired) electrons. The number of rotatable bonds is 7. The van der Waals surface area contributed by atoms with Crippen LogP contribution in [0.25, 0.3) is 0 Å². The first-order chi connectivity index (χ1) is 11.9. The molecule has 8 nitrogen and oxygen atoms in total. The lowest BCUT2D eigenvalue weighted by atomic mass is 9.95. The summed E-state index contributed by atoms with van der Waals surface area (Å²) in [7, 11) is 2.82. The van der Waals surface area contributed by atoms with Gasteiger partial charge in [0.1, 0.15) is 0 Å². The number of hydrogen-bond donors (Lipinski definition) is 3. The van der Waals surface area contributed by atoms with Crippen molar-refractivity contribution in [2.24, 2.45) is 0 Å². The van der Waals surface area contributed by atoms with E-state index in [4.69, 9.17) is 19.8 Å². The van der Waals surface area contributed by atoms with Crippen molar-refractivity contribution >= 4 is 17.4 Å². The number of carbonyl (C=O) groups is 2. The number of methoxy groups -OCH3 is 2. The quantitative estimate of drug-likeness (QED) is 0.504. The topological polar surface area (TPSA) is 121 Å². The normalized spacial score (nSPS) is 11.7. The molecule has 0 saturated heterocycles. The highest BCUT2D eigenvalue weighted by Gasteiger charge is 2.20. The summed E-state index contributed by atoms with van der Waals surface area (Å²) in [5.74, 6) is -0.921. The van der Waals surface area contributed by atoms with Crippen LogP contribution in [0.2, 0.25) is 0 Å². The second kappa shape index (κ2) is 7.75. The summed E-state index contributed by atoms with van der Waals surface area (Å²) < 4.78 is 10.3. The zero-order valence-electron chi connectivity index (χ0n) is 13.6. The molecule has 0 bridgehead atoms. The van der Waals surface area contributed by atoms with Crippen molar-refractivity contribution in [1.82, 2.24) is 0 Å². The predicted molar refractivity (Wildman–Crippen MR) is 86.5 cm³/mol. The molecule has 0 aromatic heterocycles. The molecular weight excluding hydrogens is 330 g/mol. The average molecular weight is 347 g/mol. The van der Waals surface area contributed by atoms with E-state index >= 15 is 0 Å². The van der Waals surface area contributed by atoms with Gasteiger partial charge in [-0.2, -0.15) is 5.23 Å². The van der Waals surface area contributed by atoms with Gasteiger partial charge in [0.2, 0.25) is 0 Å². The van der Waals surface area contributed by atoms with E-state index in [1.54, 1.807) is 0 Å². The molecule has 0 heterocycles. The monoisotopic (exact) mass is 347 g/mol. The average Bonchev–Trinajstić information content (AvgIpc) is 2.60. The number of hydrogen-bond acceptors (Lipinski definition) is 6. The molecule has 2 aromatic carbocycles.